The van der Waals surface area contributed by atoms with Crippen molar-refractivity contribution in [1.29, 1.82) is 0 Å². The number of hydrogen-bond acceptors (Lipinski definition) is 2. The zero-order valence-corrected chi connectivity index (χ0v) is 21.0. The molecule has 168 valence electrons. The van der Waals surface area contributed by atoms with E-state index in [0.717, 1.165) is 34.3 Å². The zero-order chi connectivity index (χ0) is 22.7. The maximum absolute atomic E-state index is 15.0. The zero-order valence-electron chi connectivity index (χ0n) is 18.7. The van der Waals surface area contributed by atoms with Crippen LogP contribution in [0.4, 0.5) is 8.78 Å². The molecule has 0 spiro atoms. The van der Waals surface area contributed by atoms with Crippen molar-refractivity contribution >= 4 is 0 Å². The molecule has 0 radical (unpaired) electrons. The number of hydrogen-bond donors (Lipinski definition) is 0. The van der Waals surface area contributed by atoms with Gasteiger partial charge >= 0.3 is 21.1 Å². The average molecular weight is 620 g/mol. The summed E-state index contributed by atoms with van der Waals surface area (Å²) in [5, 5.41) is 0. The van der Waals surface area contributed by atoms with Gasteiger partial charge in [-0.15, -0.1) is 41.5 Å². The van der Waals surface area contributed by atoms with Gasteiger partial charge in [0, 0.05) is 28.4 Å². The molecule has 4 aromatic rings. The molecular formula is C28H22F2N2Pt. The van der Waals surface area contributed by atoms with Crippen LogP contribution in [0.2, 0.25) is 0 Å². The van der Waals surface area contributed by atoms with Crippen LogP contribution < -0.4 is 0 Å². The van der Waals surface area contributed by atoms with E-state index in [2.05, 4.69) is 12.1 Å². The molecule has 0 N–H and O–H groups in total. The summed E-state index contributed by atoms with van der Waals surface area (Å²) >= 11 is 0. The Bertz CT molecular complexity index is 1360. The number of pyridine rings is 2. The minimum Gasteiger partial charge on any atom is -0.300 e. The number of benzene rings is 2. The van der Waals surface area contributed by atoms with Gasteiger partial charge in [0.2, 0.25) is 0 Å². The van der Waals surface area contributed by atoms with Crippen molar-refractivity contribution in [1.82, 2.24) is 9.97 Å². The summed E-state index contributed by atoms with van der Waals surface area (Å²) < 4.78 is 30.0. The van der Waals surface area contributed by atoms with Gasteiger partial charge in [0.25, 0.3) is 0 Å². The van der Waals surface area contributed by atoms with Gasteiger partial charge in [-0.2, -0.15) is 0 Å². The Labute approximate surface area is 207 Å². The fourth-order valence-electron chi connectivity index (χ4n) is 4.24. The molecule has 0 saturated carbocycles. The second kappa shape index (κ2) is 8.25. The van der Waals surface area contributed by atoms with Gasteiger partial charge in [0.1, 0.15) is 0 Å². The van der Waals surface area contributed by atoms with Crippen LogP contribution in [0, 0.1) is 23.8 Å². The smallest absolute Gasteiger partial charge is 0.300 e. The van der Waals surface area contributed by atoms with E-state index in [1.54, 1.807) is 6.07 Å². The van der Waals surface area contributed by atoms with Crippen LogP contribution in [-0.4, -0.2) is 9.97 Å². The topological polar surface area (TPSA) is 25.8 Å². The van der Waals surface area contributed by atoms with Gasteiger partial charge in [-0.05, 0) is 42.8 Å². The maximum atomic E-state index is 15.0. The third-order valence-corrected chi connectivity index (χ3v) is 6.39. The molecule has 0 aliphatic carbocycles. The Morgan fingerprint density at radius 1 is 0.697 bits per heavy atom. The van der Waals surface area contributed by atoms with Crippen molar-refractivity contribution in [2.75, 3.05) is 0 Å². The summed E-state index contributed by atoms with van der Waals surface area (Å²) in [5.74, 6) is -1.33. The Morgan fingerprint density at radius 3 is 2.00 bits per heavy atom. The van der Waals surface area contributed by atoms with E-state index >= 15 is 4.39 Å². The first-order valence-corrected chi connectivity index (χ1v) is 10.6. The van der Waals surface area contributed by atoms with Crippen molar-refractivity contribution in [3.05, 3.63) is 107 Å². The van der Waals surface area contributed by atoms with Crippen molar-refractivity contribution in [2.45, 2.75) is 38.5 Å². The van der Waals surface area contributed by atoms with Crippen LogP contribution in [-0.2, 0) is 31.9 Å². The predicted octanol–water partition coefficient (Wildman–Crippen LogP) is 6.65. The summed E-state index contributed by atoms with van der Waals surface area (Å²) in [5.41, 5.74) is 3.46. The van der Waals surface area contributed by atoms with Crippen molar-refractivity contribution in [3.8, 4) is 22.5 Å². The summed E-state index contributed by atoms with van der Waals surface area (Å²) in [6.07, 6.45) is 0. The monoisotopic (exact) mass is 619 g/mol. The molecule has 5 rings (SSSR count). The molecule has 2 aromatic heterocycles. The molecule has 0 amide bonds. The number of fused-ring (bicyclic) bond motifs is 10. The molecule has 0 atom stereocenters. The SMILES string of the molecule is CC1(C)c2cccc(n2)-c2[c-]c(ccc2)C(C)(C)c2[c-]c(c(F)cc2F)-c2cccc1n2.[Pt+2]. The summed E-state index contributed by atoms with van der Waals surface area (Å²) in [6, 6.07) is 24.5. The van der Waals surface area contributed by atoms with E-state index < -0.39 is 22.5 Å². The fourth-order valence-corrected chi connectivity index (χ4v) is 4.24. The van der Waals surface area contributed by atoms with Crippen LogP contribution in [0.3, 0.4) is 0 Å². The van der Waals surface area contributed by atoms with Crippen molar-refractivity contribution in [3.63, 3.8) is 0 Å². The van der Waals surface area contributed by atoms with Crippen LogP contribution >= 0.6 is 0 Å². The molecule has 0 fully saturated rings. The van der Waals surface area contributed by atoms with E-state index in [0.29, 0.717) is 5.69 Å². The molecule has 2 aromatic carbocycles. The van der Waals surface area contributed by atoms with E-state index in [-0.39, 0.29) is 32.2 Å². The van der Waals surface area contributed by atoms with Gasteiger partial charge in [-0.25, -0.2) is 0 Å². The van der Waals surface area contributed by atoms with Crippen LogP contribution in [0.5, 0.6) is 0 Å². The van der Waals surface area contributed by atoms with Gasteiger partial charge in [0.05, 0.1) is 0 Å². The fraction of sp³-hybridized carbons (Fsp3) is 0.214. The molecular weight excluding hydrogens is 597 g/mol. The van der Waals surface area contributed by atoms with E-state index in [9.17, 15) is 4.39 Å². The van der Waals surface area contributed by atoms with E-state index in [4.69, 9.17) is 9.97 Å². The summed E-state index contributed by atoms with van der Waals surface area (Å²) in [7, 11) is 0. The van der Waals surface area contributed by atoms with Gasteiger partial charge < -0.3 is 9.97 Å². The largest absolute Gasteiger partial charge is 2.00 e. The molecule has 1 aliphatic rings. The third kappa shape index (κ3) is 3.85. The number of aromatic nitrogens is 2. The molecule has 3 heterocycles. The third-order valence-electron chi connectivity index (χ3n) is 6.39. The summed E-state index contributed by atoms with van der Waals surface area (Å²) in [4.78, 5) is 9.69. The number of nitrogens with zero attached hydrogens (tertiary/aromatic N) is 2. The van der Waals surface area contributed by atoms with Gasteiger partial charge in [-0.1, -0.05) is 55.3 Å². The maximum Gasteiger partial charge on any atom is 2.00 e. The molecule has 5 heteroatoms. The first kappa shape index (κ1) is 23.4. The first-order chi connectivity index (χ1) is 15.2. The van der Waals surface area contributed by atoms with Crippen molar-refractivity contribution < 1.29 is 29.8 Å². The molecule has 0 unspecified atom stereocenters. The first-order valence-electron chi connectivity index (χ1n) is 10.6. The molecule has 33 heavy (non-hydrogen) atoms. The predicted molar refractivity (Wildman–Crippen MR) is 121 cm³/mol. The molecule has 0 saturated heterocycles. The normalized spacial score (nSPS) is 15.2. The van der Waals surface area contributed by atoms with Gasteiger partial charge in [0.15, 0.2) is 0 Å². The second-order valence-electron chi connectivity index (χ2n) is 9.26. The van der Waals surface area contributed by atoms with E-state index in [1.807, 2.05) is 76.2 Å². The van der Waals surface area contributed by atoms with Crippen LogP contribution in [0.1, 0.15) is 50.2 Å². The quantitative estimate of drug-likeness (QED) is 0.206. The number of rotatable bonds is 0. The summed E-state index contributed by atoms with van der Waals surface area (Å²) in [6.45, 7) is 7.86. The van der Waals surface area contributed by atoms with Crippen LogP contribution in [0.25, 0.3) is 22.5 Å². The minimum absolute atomic E-state index is 0. The molecule has 8 bridgehead atoms. The Balaban J connectivity index is 0.00000259. The standard InChI is InChI=1S/C28H22F2N2.Pt/c1-27(2)18-9-5-8-17(14-18)23-10-6-12-25(31-23)28(3,4)26-13-7-11-24(32-26)19-15-20(27)22(30)16-21(19)29;/h5-13,16H,1-4H3;/q-2;+2. The minimum atomic E-state index is -0.804. The Hall–Kier alpha value is -2.71. The van der Waals surface area contributed by atoms with Crippen molar-refractivity contribution in [2.24, 2.45) is 0 Å². The van der Waals surface area contributed by atoms with Crippen LogP contribution in [0.15, 0.2) is 60.7 Å². The molecule has 2 nitrogen and oxygen atoms in total. The van der Waals surface area contributed by atoms with Gasteiger partial charge in [-0.3, -0.25) is 8.78 Å². The van der Waals surface area contributed by atoms with E-state index in [1.165, 1.54) is 0 Å². The Morgan fingerprint density at radius 2 is 1.30 bits per heavy atom. The second-order valence-corrected chi connectivity index (χ2v) is 9.26. The number of halogens is 2. The molecule has 1 aliphatic heterocycles. The Kier molecular flexibility index (Phi) is 5.86. The average Bonchev–Trinajstić information content (AvgIpc) is 2.79.